The summed E-state index contributed by atoms with van der Waals surface area (Å²) in [6, 6.07) is 2.87. The Morgan fingerprint density at radius 1 is 1.33 bits per heavy atom. The normalized spacial score (nSPS) is 12.4. The van der Waals surface area contributed by atoms with Gasteiger partial charge in [-0.15, -0.1) is 0 Å². The third kappa shape index (κ3) is 4.55. The number of benzene rings is 1. The summed E-state index contributed by atoms with van der Waals surface area (Å²) in [5, 5.41) is 0.425. The van der Waals surface area contributed by atoms with E-state index in [4.69, 9.17) is 33.7 Å². The summed E-state index contributed by atoms with van der Waals surface area (Å²) in [6.45, 7) is 4.39. The molecule has 0 aliphatic heterocycles. The van der Waals surface area contributed by atoms with Crippen LogP contribution in [0.4, 0.5) is 0 Å². The largest absolute Gasteiger partial charge is 0.377 e. The van der Waals surface area contributed by atoms with Crippen LogP contribution in [0.2, 0.25) is 10.0 Å². The lowest BCUT2D eigenvalue weighted by Crippen LogP contribution is -2.31. The second-order valence-electron chi connectivity index (χ2n) is 4.79. The molecule has 21 heavy (non-hydrogen) atoms. The van der Waals surface area contributed by atoms with Gasteiger partial charge in [-0.1, -0.05) is 23.2 Å². The number of nitrogens with two attached hydrogens (primary N) is 1. The molecule has 0 saturated heterocycles. The van der Waals surface area contributed by atoms with Crippen LogP contribution in [0, 0.1) is 0 Å². The number of sulfonamides is 1. The summed E-state index contributed by atoms with van der Waals surface area (Å²) in [7, 11) is -2.23. The summed E-state index contributed by atoms with van der Waals surface area (Å²) < 4.78 is 31.6. The maximum atomic E-state index is 12.5. The highest BCUT2D eigenvalue weighted by Crippen LogP contribution is 2.32. The molecule has 0 radical (unpaired) electrons. The van der Waals surface area contributed by atoms with E-state index >= 15 is 0 Å². The van der Waals surface area contributed by atoms with Crippen LogP contribution in [-0.4, -0.2) is 39.0 Å². The van der Waals surface area contributed by atoms with E-state index in [1.807, 2.05) is 13.8 Å². The number of halogens is 2. The molecule has 5 nitrogen and oxygen atoms in total. The van der Waals surface area contributed by atoms with Crippen LogP contribution in [0.5, 0.6) is 0 Å². The topological polar surface area (TPSA) is 72.6 Å². The summed E-state index contributed by atoms with van der Waals surface area (Å²) >= 11 is 12.1. The Bertz CT molecular complexity index is 591. The predicted octanol–water partition coefficient (Wildman–Crippen LogP) is 2.50. The van der Waals surface area contributed by atoms with Crippen molar-refractivity contribution in [3.8, 4) is 0 Å². The molecule has 2 N–H and O–H groups in total. The van der Waals surface area contributed by atoms with Crippen molar-refractivity contribution < 1.29 is 13.2 Å². The quantitative estimate of drug-likeness (QED) is 0.816. The molecular formula is C13H20Cl2N2O3S. The monoisotopic (exact) mass is 354 g/mol. The fourth-order valence-corrected chi connectivity index (χ4v) is 3.73. The van der Waals surface area contributed by atoms with Gasteiger partial charge in [0.2, 0.25) is 10.0 Å². The SMILES string of the molecule is CC(C)OCCN(C)S(=O)(=O)c1ccc(Cl)c(CN)c1Cl. The van der Waals surface area contributed by atoms with Gasteiger partial charge in [0, 0.05) is 30.7 Å². The third-order valence-electron chi connectivity index (χ3n) is 2.90. The van der Waals surface area contributed by atoms with Crippen molar-refractivity contribution in [2.75, 3.05) is 20.2 Å². The van der Waals surface area contributed by atoms with Crippen molar-refractivity contribution in [1.29, 1.82) is 0 Å². The second kappa shape index (κ2) is 7.76. The minimum absolute atomic E-state index is 0.000985. The van der Waals surface area contributed by atoms with E-state index < -0.39 is 10.0 Å². The molecule has 8 heteroatoms. The summed E-state index contributed by atoms with van der Waals surface area (Å²) in [5.41, 5.74) is 5.98. The van der Waals surface area contributed by atoms with E-state index in [-0.39, 0.29) is 29.1 Å². The molecular weight excluding hydrogens is 335 g/mol. The Balaban J connectivity index is 3.03. The van der Waals surface area contributed by atoms with Gasteiger partial charge in [0.1, 0.15) is 4.90 Å². The van der Waals surface area contributed by atoms with Crippen LogP contribution < -0.4 is 5.73 Å². The third-order valence-corrected chi connectivity index (χ3v) is 5.70. The van der Waals surface area contributed by atoms with Gasteiger partial charge in [-0.2, -0.15) is 4.31 Å². The van der Waals surface area contributed by atoms with Gasteiger partial charge >= 0.3 is 0 Å². The molecule has 0 saturated carbocycles. The zero-order valence-electron chi connectivity index (χ0n) is 12.3. The average Bonchev–Trinajstić information content (AvgIpc) is 2.38. The highest BCUT2D eigenvalue weighted by molar-refractivity contribution is 7.89. The van der Waals surface area contributed by atoms with Crippen LogP contribution in [-0.2, 0) is 21.3 Å². The van der Waals surface area contributed by atoms with Crippen molar-refractivity contribution in [3.05, 3.63) is 27.7 Å². The van der Waals surface area contributed by atoms with Gasteiger partial charge in [-0.3, -0.25) is 0 Å². The summed E-state index contributed by atoms with van der Waals surface area (Å²) in [4.78, 5) is 0.000985. The molecule has 0 aromatic heterocycles. The van der Waals surface area contributed by atoms with Crippen LogP contribution in [0.15, 0.2) is 17.0 Å². The Hall–Kier alpha value is -0.370. The van der Waals surface area contributed by atoms with E-state index in [1.165, 1.54) is 23.5 Å². The lowest BCUT2D eigenvalue weighted by Gasteiger charge is -2.19. The Kier molecular flexibility index (Phi) is 6.90. The van der Waals surface area contributed by atoms with Gasteiger partial charge in [0.25, 0.3) is 0 Å². The lowest BCUT2D eigenvalue weighted by atomic mass is 10.2. The number of hydrogen-bond donors (Lipinski definition) is 1. The number of rotatable bonds is 7. The van der Waals surface area contributed by atoms with Crippen molar-refractivity contribution >= 4 is 33.2 Å². The fraction of sp³-hybridized carbons (Fsp3) is 0.538. The smallest absolute Gasteiger partial charge is 0.244 e. The predicted molar refractivity (Wildman–Crippen MR) is 85.3 cm³/mol. The fourth-order valence-electron chi connectivity index (χ4n) is 1.67. The molecule has 1 aromatic carbocycles. The minimum Gasteiger partial charge on any atom is -0.377 e. The number of nitrogens with zero attached hydrogens (tertiary/aromatic N) is 1. The molecule has 0 unspecified atom stereocenters. The van der Waals surface area contributed by atoms with Gasteiger partial charge in [0.15, 0.2) is 0 Å². The van der Waals surface area contributed by atoms with Crippen LogP contribution in [0.25, 0.3) is 0 Å². The highest BCUT2D eigenvalue weighted by atomic mass is 35.5. The molecule has 0 heterocycles. The van der Waals surface area contributed by atoms with Crippen LogP contribution in [0.3, 0.4) is 0 Å². The Morgan fingerprint density at radius 3 is 2.48 bits per heavy atom. The van der Waals surface area contributed by atoms with Gasteiger partial charge in [-0.05, 0) is 26.0 Å². The van der Waals surface area contributed by atoms with Crippen molar-refractivity contribution in [3.63, 3.8) is 0 Å². The standard InChI is InChI=1S/C13H20Cl2N2O3S/c1-9(2)20-7-6-17(3)21(18,19)12-5-4-11(14)10(8-16)13(12)15/h4-5,9H,6-8,16H2,1-3H3. The van der Waals surface area contributed by atoms with Crippen LogP contribution >= 0.6 is 23.2 Å². The van der Waals surface area contributed by atoms with Crippen molar-refractivity contribution in [2.24, 2.45) is 5.73 Å². The average molecular weight is 355 g/mol. The van der Waals surface area contributed by atoms with Crippen LogP contribution in [0.1, 0.15) is 19.4 Å². The molecule has 0 aliphatic rings. The first-order valence-corrected chi connectivity index (χ1v) is 8.66. The molecule has 0 bridgehead atoms. The van der Waals surface area contributed by atoms with Gasteiger partial charge < -0.3 is 10.5 Å². The number of ether oxygens (including phenoxy) is 1. The molecule has 0 atom stereocenters. The first-order valence-electron chi connectivity index (χ1n) is 6.46. The zero-order valence-corrected chi connectivity index (χ0v) is 14.6. The molecule has 0 amide bonds. The molecule has 120 valence electrons. The maximum absolute atomic E-state index is 12.5. The highest BCUT2D eigenvalue weighted by Gasteiger charge is 2.25. The summed E-state index contributed by atoms with van der Waals surface area (Å²) in [5.74, 6) is 0. The number of hydrogen-bond acceptors (Lipinski definition) is 4. The Labute approximate surface area is 136 Å². The van der Waals surface area contributed by atoms with E-state index in [0.717, 1.165) is 0 Å². The molecule has 0 spiro atoms. The molecule has 0 fully saturated rings. The van der Waals surface area contributed by atoms with E-state index in [2.05, 4.69) is 0 Å². The van der Waals surface area contributed by atoms with E-state index in [0.29, 0.717) is 17.2 Å². The van der Waals surface area contributed by atoms with Gasteiger partial charge in [-0.25, -0.2) is 8.42 Å². The second-order valence-corrected chi connectivity index (χ2v) is 7.59. The molecule has 0 aliphatic carbocycles. The first kappa shape index (κ1) is 18.7. The maximum Gasteiger partial charge on any atom is 0.244 e. The van der Waals surface area contributed by atoms with E-state index in [9.17, 15) is 8.42 Å². The van der Waals surface area contributed by atoms with Gasteiger partial charge in [0.05, 0.1) is 17.7 Å². The van der Waals surface area contributed by atoms with E-state index in [1.54, 1.807) is 0 Å². The molecule has 1 aromatic rings. The van der Waals surface area contributed by atoms with Crippen molar-refractivity contribution in [1.82, 2.24) is 4.31 Å². The minimum atomic E-state index is -3.71. The summed E-state index contributed by atoms with van der Waals surface area (Å²) in [6.07, 6.45) is 0.0454. The lowest BCUT2D eigenvalue weighted by molar-refractivity contribution is 0.0737. The zero-order chi connectivity index (χ0) is 16.2. The first-order chi connectivity index (χ1) is 9.71. The number of likely N-dealkylation sites (N-methyl/N-ethyl adjacent to an activating group) is 1. The Morgan fingerprint density at radius 2 is 1.95 bits per heavy atom. The van der Waals surface area contributed by atoms with Crippen molar-refractivity contribution in [2.45, 2.75) is 31.4 Å². The molecule has 1 rings (SSSR count).